The van der Waals surface area contributed by atoms with Gasteiger partial charge in [0, 0.05) is 24.2 Å². The van der Waals surface area contributed by atoms with E-state index in [-0.39, 0.29) is 18.2 Å². The molecule has 0 fully saturated rings. The third-order valence-corrected chi connectivity index (χ3v) is 5.09. The number of rotatable bonds is 6. The Morgan fingerprint density at radius 2 is 2.04 bits per heavy atom. The molecule has 0 spiro atoms. The number of hydrogen-bond acceptors (Lipinski definition) is 3. The second kappa shape index (κ2) is 7.78. The molecule has 1 atom stereocenters. The van der Waals surface area contributed by atoms with E-state index in [9.17, 15) is 19.5 Å². The molecule has 0 saturated heterocycles. The third-order valence-electron chi connectivity index (χ3n) is 5.09. The molecule has 0 aliphatic heterocycles. The Morgan fingerprint density at radius 1 is 1.26 bits per heavy atom. The number of carbonyl (C=O) groups is 3. The number of Topliss-reactive ketones (excluding diaryl/α,β-unsaturated/α-hetero) is 1. The summed E-state index contributed by atoms with van der Waals surface area (Å²) in [7, 11) is 0. The van der Waals surface area contributed by atoms with Crippen molar-refractivity contribution in [3.05, 3.63) is 57.9 Å². The summed E-state index contributed by atoms with van der Waals surface area (Å²) in [6.07, 6.45) is 2.38. The molecule has 142 valence electrons. The highest BCUT2D eigenvalue weighted by atomic mass is 16.4. The van der Waals surface area contributed by atoms with Crippen molar-refractivity contribution in [1.29, 1.82) is 0 Å². The lowest BCUT2D eigenvalue weighted by atomic mass is 9.93. The van der Waals surface area contributed by atoms with Gasteiger partial charge in [0.2, 0.25) is 0 Å². The molecule has 2 aromatic rings. The van der Waals surface area contributed by atoms with Gasteiger partial charge in [-0.25, -0.2) is 0 Å². The molecule has 1 aliphatic rings. The van der Waals surface area contributed by atoms with E-state index in [1.807, 2.05) is 31.2 Å². The topological polar surface area (TPSA) is 99.3 Å². The van der Waals surface area contributed by atoms with Gasteiger partial charge >= 0.3 is 5.97 Å². The van der Waals surface area contributed by atoms with E-state index in [0.29, 0.717) is 29.7 Å². The summed E-state index contributed by atoms with van der Waals surface area (Å²) in [5.41, 5.74) is 4.43. The fourth-order valence-electron chi connectivity index (χ4n) is 3.68. The quantitative estimate of drug-likeness (QED) is 0.730. The molecule has 0 radical (unpaired) electrons. The van der Waals surface area contributed by atoms with E-state index in [1.54, 1.807) is 6.92 Å². The number of carboxylic acid groups (broad SMARTS) is 1. The van der Waals surface area contributed by atoms with Gasteiger partial charge in [-0.3, -0.25) is 14.4 Å². The molecule has 27 heavy (non-hydrogen) atoms. The number of amides is 1. The lowest BCUT2D eigenvalue weighted by molar-refractivity contribution is -0.141. The van der Waals surface area contributed by atoms with Gasteiger partial charge in [0.15, 0.2) is 5.78 Å². The Morgan fingerprint density at radius 3 is 2.70 bits per heavy atom. The zero-order valence-electron chi connectivity index (χ0n) is 15.6. The van der Waals surface area contributed by atoms with Crippen LogP contribution in [-0.2, 0) is 17.6 Å². The van der Waals surface area contributed by atoms with Crippen molar-refractivity contribution in [2.24, 2.45) is 5.92 Å². The van der Waals surface area contributed by atoms with Gasteiger partial charge in [0.05, 0.1) is 5.92 Å². The van der Waals surface area contributed by atoms with E-state index in [1.165, 1.54) is 0 Å². The number of ketones is 1. The summed E-state index contributed by atoms with van der Waals surface area (Å²) in [5.74, 6) is -1.98. The number of carbonyl (C=O) groups excluding carboxylic acids is 2. The van der Waals surface area contributed by atoms with Crippen molar-refractivity contribution in [3.63, 3.8) is 0 Å². The predicted molar refractivity (Wildman–Crippen MR) is 101 cm³/mol. The summed E-state index contributed by atoms with van der Waals surface area (Å²) in [6.45, 7) is 3.74. The largest absolute Gasteiger partial charge is 0.481 e. The molecule has 1 heterocycles. The molecule has 1 aromatic heterocycles. The molecular formula is C21H24N2O4. The molecule has 1 aromatic carbocycles. The minimum Gasteiger partial charge on any atom is -0.481 e. The lowest BCUT2D eigenvalue weighted by Gasteiger charge is -2.14. The lowest BCUT2D eigenvalue weighted by Crippen LogP contribution is -2.34. The molecule has 1 amide bonds. The minimum atomic E-state index is -0.950. The third kappa shape index (κ3) is 4.10. The second-order valence-corrected chi connectivity index (χ2v) is 7.19. The number of nitrogens with one attached hydrogen (secondary N) is 2. The van der Waals surface area contributed by atoms with Crippen molar-refractivity contribution in [2.45, 2.75) is 39.5 Å². The molecule has 1 unspecified atom stereocenters. The highest BCUT2D eigenvalue weighted by Crippen LogP contribution is 2.26. The number of benzene rings is 1. The predicted octanol–water partition coefficient (Wildman–Crippen LogP) is 2.82. The molecule has 0 saturated carbocycles. The molecule has 3 N–H and O–H groups in total. The molecule has 6 heteroatoms. The number of aryl methyl sites for hydroxylation is 2. The Bertz CT molecular complexity index is 898. The summed E-state index contributed by atoms with van der Waals surface area (Å²) in [4.78, 5) is 39.3. The van der Waals surface area contributed by atoms with Crippen LogP contribution in [0.2, 0.25) is 0 Å². The van der Waals surface area contributed by atoms with Crippen molar-refractivity contribution >= 4 is 17.7 Å². The molecular weight excluding hydrogens is 344 g/mol. The number of H-pyrrole nitrogens is 1. The summed E-state index contributed by atoms with van der Waals surface area (Å²) < 4.78 is 0. The highest BCUT2D eigenvalue weighted by Gasteiger charge is 2.27. The average Bonchev–Trinajstić information content (AvgIpc) is 2.96. The van der Waals surface area contributed by atoms with Crippen LogP contribution < -0.4 is 5.32 Å². The number of hydrogen-bond donors (Lipinski definition) is 3. The number of aromatic nitrogens is 1. The first-order chi connectivity index (χ1) is 12.9. The molecule has 3 rings (SSSR count). The van der Waals surface area contributed by atoms with Gasteiger partial charge in [-0.1, -0.05) is 29.8 Å². The second-order valence-electron chi connectivity index (χ2n) is 7.19. The van der Waals surface area contributed by atoms with Gasteiger partial charge in [-0.2, -0.15) is 0 Å². The van der Waals surface area contributed by atoms with E-state index in [0.717, 1.165) is 29.7 Å². The van der Waals surface area contributed by atoms with E-state index in [4.69, 9.17) is 0 Å². The zero-order valence-corrected chi connectivity index (χ0v) is 15.6. The molecule has 0 bridgehead atoms. The maximum atomic E-state index is 12.6. The fourth-order valence-corrected chi connectivity index (χ4v) is 3.68. The first-order valence-corrected chi connectivity index (χ1v) is 9.18. The zero-order chi connectivity index (χ0) is 19.6. The monoisotopic (exact) mass is 368 g/mol. The maximum Gasteiger partial charge on any atom is 0.308 e. The van der Waals surface area contributed by atoms with Crippen molar-refractivity contribution < 1.29 is 19.5 Å². The smallest absolute Gasteiger partial charge is 0.308 e. The van der Waals surface area contributed by atoms with Gasteiger partial charge < -0.3 is 15.4 Å². The van der Waals surface area contributed by atoms with Crippen molar-refractivity contribution in [2.75, 3.05) is 6.54 Å². The van der Waals surface area contributed by atoms with Gasteiger partial charge in [0.25, 0.3) is 5.91 Å². The van der Waals surface area contributed by atoms with Crippen LogP contribution in [0.25, 0.3) is 0 Å². The number of aliphatic carboxylic acids is 1. The first kappa shape index (κ1) is 18.9. The maximum absolute atomic E-state index is 12.6. The fraction of sp³-hybridized carbons (Fsp3) is 0.381. The summed E-state index contributed by atoms with van der Waals surface area (Å²) >= 11 is 0. The normalized spacial score (nSPS) is 14.5. The van der Waals surface area contributed by atoms with Crippen LogP contribution in [0.15, 0.2) is 24.3 Å². The van der Waals surface area contributed by atoms with E-state index >= 15 is 0 Å². The van der Waals surface area contributed by atoms with Crippen LogP contribution in [0.3, 0.4) is 0 Å². The Balaban J connectivity index is 1.70. The van der Waals surface area contributed by atoms with E-state index in [2.05, 4.69) is 10.3 Å². The summed E-state index contributed by atoms with van der Waals surface area (Å²) in [5, 5.41) is 12.2. The van der Waals surface area contributed by atoms with Gasteiger partial charge in [-0.05, 0) is 44.2 Å². The van der Waals surface area contributed by atoms with Crippen LogP contribution in [0, 0.1) is 19.8 Å². The number of fused-ring (bicyclic) bond motifs is 1. The van der Waals surface area contributed by atoms with Crippen LogP contribution in [0.5, 0.6) is 0 Å². The summed E-state index contributed by atoms with van der Waals surface area (Å²) in [6, 6.07) is 7.69. The van der Waals surface area contributed by atoms with Gasteiger partial charge in [-0.15, -0.1) is 0 Å². The Labute approximate surface area is 158 Å². The highest BCUT2D eigenvalue weighted by molar-refractivity contribution is 6.04. The molecule has 6 nitrogen and oxygen atoms in total. The van der Waals surface area contributed by atoms with Crippen LogP contribution in [0.1, 0.15) is 56.1 Å². The van der Waals surface area contributed by atoms with E-state index < -0.39 is 11.9 Å². The Kier molecular flexibility index (Phi) is 5.44. The van der Waals surface area contributed by atoms with Crippen LogP contribution in [0.4, 0.5) is 0 Å². The standard InChI is InChI=1S/C21H24N2O4/c1-12-5-3-6-14(9-12)10-15(21(26)27)11-22-20(25)19-13(2)18-16(23-19)7-4-8-17(18)24/h3,5-6,9,15,23H,4,7-8,10-11H2,1-2H3,(H,22,25)(H,26,27). The van der Waals surface area contributed by atoms with Crippen LogP contribution in [-0.4, -0.2) is 34.3 Å². The van der Waals surface area contributed by atoms with Crippen molar-refractivity contribution in [1.82, 2.24) is 10.3 Å². The van der Waals surface area contributed by atoms with Gasteiger partial charge in [0.1, 0.15) is 5.69 Å². The first-order valence-electron chi connectivity index (χ1n) is 9.18. The SMILES string of the molecule is Cc1cccc(CC(CNC(=O)c2[nH]c3c(c2C)C(=O)CCC3)C(=O)O)c1. The van der Waals surface area contributed by atoms with Crippen LogP contribution >= 0.6 is 0 Å². The Hall–Kier alpha value is -2.89. The minimum absolute atomic E-state index is 0.0270. The molecule has 1 aliphatic carbocycles. The number of aromatic amines is 1. The average molecular weight is 368 g/mol. The number of carboxylic acids is 1. The van der Waals surface area contributed by atoms with Crippen molar-refractivity contribution in [3.8, 4) is 0 Å².